The molecule has 112 valence electrons. The third-order valence-electron chi connectivity index (χ3n) is 4.74. The van der Waals surface area contributed by atoms with Crippen LogP contribution < -0.4 is 11.3 Å². The first-order chi connectivity index (χ1) is 9.44. The van der Waals surface area contributed by atoms with Crippen LogP contribution >= 0.6 is 15.9 Å². The summed E-state index contributed by atoms with van der Waals surface area (Å²) in [5.41, 5.74) is 3.93. The Hall–Kier alpha value is -0.450. The fourth-order valence-corrected chi connectivity index (χ4v) is 3.93. The van der Waals surface area contributed by atoms with Crippen molar-refractivity contribution in [2.24, 2.45) is 17.2 Å². The van der Waals surface area contributed by atoms with Gasteiger partial charge in [-0.25, -0.2) is 4.39 Å². The zero-order chi connectivity index (χ0) is 14.8. The fraction of sp³-hybridized carbons (Fsp3) is 0.625. The lowest BCUT2D eigenvalue weighted by atomic mass is 9.65. The van der Waals surface area contributed by atoms with Crippen LogP contribution in [0, 0.1) is 17.2 Å². The van der Waals surface area contributed by atoms with E-state index in [0.717, 1.165) is 16.5 Å². The molecule has 0 spiro atoms. The van der Waals surface area contributed by atoms with E-state index in [0.29, 0.717) is 12.3 Å². The average Bonchev–Trinajstić information content (AvgIpc) is 2.40. The maximum Gasteiger partial charge on any atom is 0.126 e. The van der Waals surface area contributed by atoms with Gasteiger partial charge < -0.3 is 0 Å². The molecule has 2 rings (SSSR count). The average molecular weight is 343 g/mol. The largest absolute Gasteiger partial charge is 0.271 e. The second-order valence-corrected chi connectivity index (χ2v) is 7.47. The van der Waals surface area contributed by atoms with Gasteiger partial charge in [0, 0.05) is 10.5 Å². The Morgan fingerprint density at radius 2 is 2.20 bits per heavy atom. The van der Waals surface area contributed by atoms with Gasteiger partial charge in [0.2, 0.25) is 0 Å². The van der Waals surface area contributed by atoms with E-state index in [-0.39, 0.29) is 17.3 Å². The molecule has 2 unspecified atom stereocenters. The Balaban J connectivity index is 2.18. The molecule has 20 heavy (non-hydrogen) atoms. The van der Waals surface area contributed by atoms with E-state index in [1.54, 1.807) is 6.07 Å². The summed E-state index contributed by atoms with van der Waals surface area (Å²) in [7, 11) is 0. The third kappa shape index (κ3) is 3.60. The van der Waals surface area contributed by atoms with Gasteiger partial charge in [-0.15, -0.1) is 0 Å². The molecule has 0 amide bonds. The molecule has 1 aliphatic carbocycles. The molecule has 2 nitrogen and oxygen atoms in total. The summed E-state index contributed by atoms with van der Waals surface area (Å²) in [6, 6.07) is 5.22. The molecule has 3 N–H and O–H groups in total. The number of hydrazine groups is 1. The van der Waals surface area contributed by atoms with Crippen molar-refractivity contribution in [3.05, 3.63) is 34.1 Å². The topological polar surface area (TPSA) is 38.0 Å². The molecule has 0 saturated heterocycles. The maximum atomic E-state index is 13.9. The summed E-state index contributed by atoms with van der Waals surface area (Å²) in [5.74, 6) is 6.11. The highest BCUT2D eigenvalue weighted by atomic mass is 79.9. The van der Waals surface area contributed by atoms with Crippen molar-refractivity contribution in [1.29, 1.82) is 0 Å². The van der Waals surface area contributed by atoms with Gasteiger partial charge >= 0.3 is 0 Å². The summed E-state index contributed by atoms with van der Waals surface area (Å²) in [6.07, 6.45) is 5.55. The van der Waals surface area contributed by atoms with E-state index < -0.39 is 0 Å². The predicted molar refractivity (Wildman–Crippen MR) is 84.7 cm³/mol. The van der Waals surface area contributed by atoms with Crippen molar-refractivity contribution in [3.63, 3.8) is 0 Å². The van der Waals surface area contributed by atoms with Crippen molar-refractivity contribution in [2.75, 3.05) is 0 Å². The number of halogens is 2. The van der Waals surface area contributed by atoms with Crippen LogP contribution in [0.4, 0.5) is 4.39 Å². The standard InChI is InChI=1S/C16H24BrFN2/c1-16(2)8-4-3-5-13(16)15(20-19)10-11-9-12(17)6-7-14(11)18/h6-7,9,13,15,20H,3-5,8,10,19H2,1-2H3. The molecule has 1 fully saturated rings. The van der Waals surface area contributed by atoms with Crippen LogP contribution in [-0.2, 0) is 6.42 Å². The zero-order valence-corrected chi connectivity index (χ0v) is 13.8. The highest BCUT2D eigenvalue weighted by Gasteiger charge is 2.37. The highest BCUT2D eigenvalue weighted by molar-refractivity contribution is 9.10. The second-order valence-electron chi connectivity index (χ2n) is 6.55. The smallest absolute Gasteiger partial charge is 0.126 e. The van der Waals surface area contributed by atoms with Crippen LogP contribution in [0.15, 0.2) is 22.7 Å². The van der Waals surface area contributed by atoms with Crippen molar-refractivity contribution < 1.29 is 4.39 Å². The molecule has 1 saturated carbocycles. The van der Waals surface area contributed by atoms with Crippen LogP contribution in [0.5, 0.6) is 0 Å². The number of nitrogens with one attached hydrogen (secondary N) is 1. The highest BCUT2D eigenvalue weighted by Crippen LogP contribution is 2.42. The monoisotopic (exact) mass is 342 g/mol. The van der Waals surface area contributed by atoms with E-state index >= 15 is 0 Å². The van der Waals surface area contributed by atoms with E-state index in [1.165, 1.54) is 25.3 Å². The molecular formula is C16H24BrFN2. The number of hydrogen-bond donors (Lipinski definition) is 2. The molecule has 0 bridgehead atoms. The lowest BCUT2D eigenvalue weighted by molar-refractivity contribution is 0.0978. The Kier molecular flexibility index (Phi) is 5.21. The minimum absolute atomic E-state index is 0.120. The van der Waals surface area contributed by atoms with Crippen molar-refractivity contribution in [1.82, 2.24) is 5.43 Å². The summed E-state index contributed by atoms with van der Waals surface area (Å²) < 4.78 is 14.8. The van der Waals surface area contributed by atoms with Crippen molar-refractivity contribution >= 4 is 15.9 Å². The van der Waals surface area contributed by atoms with Gasteiger partial charge in [0.1, 0.15) is 5.82 Å². The predicted octanol–water partition coefficient (Wildman–Crippen LogP) is 4.18. The number of nitrogens with two attached hydrogens (primary N) is 1. The molecule has 0 aromatic heterocycles. The Bertz CT molecular complexity index is 462. The summed E-state index contributed by atoms with van der Waals surface area (Å²) >= 11 is 3.41. The Morgan fingerprint density at radius 3 is 2.85 bits per heavy atom. The molecule has 0 aliphatic heterocycles. The van der Waals surface area contributed by atoms with E-state index in [1.807, 2.05) is 6.07 Å². The quantitative estimate of drug-likeness (QED) is 0.636. The Labute approximate surface area is 129 Å². The van der Waals surface area contributed by atoms with Crippen molar-refractivity contribution in [2.45, 2.75) is 52.0 Å². The van der Waals surface area contributed by atoms with Gasteiger partial charge in [0.05, 0.1) is 0 Å². The van der Waals surface area contributed by atoms with Crippen LogP contribution in [0.1, 0.15) is 45.1 Å². The van der Waals surface area contributed by atoms with Crippen molar-refractivity contribution in [3.8, 4) is 0 Å². The number of rotatable bonds is 4. The number of benzene rings is 1. The van der Waals surface area contributed by atoms with E-state index in [2.05, 4.69) is 35.2 Å². The SMILES string of the molecule is CC1(C)CCCCC1C(Cc1cc(Br)ccc1F)NN. The normalized spacial score (nSPS) is 23.6. The summed E-state index contributed by atoms with van der Waals surface area (Å²) in [4.78, 5) is 0. The van der Waals surface area contributed by atoms with Gasteiger partial charge in [0.15, 0.2) is 0 Å². The van der Waals surface area contributed by atoms with Gasteiger partial charge in [0.25, 0.3) is 0 Å². The molecule has 2 atom stereocenters. The molecule has 1 aliphatic rings. The van der Waals surface area contributed by atoms with Gasteiger partial charge in [-0.1, -0.05) is 42.6 Å². The molecule has 0 radical (unpaired) electrons. The molecule has 1 aromatic rings. The first-order valence-electron chi connectivity index (χ1n) is 7.34. The van der Waals surface area contributed by atoms with E-state index in [9.17, 15) is 4.39 Å². The minimum atomic E-state index is -0.151. The second kappa shape index (κ2) is 6.54. The van der Waals surface area contributed by atoms with Crippen LogP contribution in [0.3, 0.4) is 0 Å². The lowest BCUT2D eigenvalue weighted by Crippen LogP contribution is -2.48. The number of hydrogen-bond acceptors (Lipinski definition) is 2. The molecule has 1 aromatic carbocycles. The van der Waals surface area contributed by atoms with E-state index in [4.69, 9.17) is 5.84 Å². The fourth-order valence-electron chi connectivity index (χ4n) is 3.52. The first-order valence-corrected chi connectivity index (χ1v) is 8.13. The van der Waals surface area contributed by atoms with Gasteiger partial charge in [-0.05, 0) is 54.4 Å². The Morgan fingerprint density at radius 1 is 1.45 bits per heavy atom. The van der Waals surface area contributed by atoms with Crippen LogP contribution in [0.2, 0.25) is 0 Å². The molecule has 4 heteroatoms. The lowest BCUT2D eigenvalue weighted by Gasteiger charge is -2.43. The van der Waals surface area contributed by atoms with Gasteiger partial charge in [-0.2, -0.15) is 0 Å². The molecular weight excluding hydrogens is 319 g/mol. The first kappa shape index (κ1) is 15.9. The third-order valence-corrected chi connectivity index (χ3v) is 5.23. The molecule has 0 heterocycles. The van der Waals surface area contributed by atoms with Gasteiger partial charge in [-0.3, -0.25) is 11.3 Å². The van der Waals surface area contributed by atoms with Crippen LogP contribution in [-0.4, -0.2) is 6.04 Å². The summed E-state index contributed by atoms with van der Waals surface area (Å²) in [5, 5.41) is 0. The van der Waals surface area contributed by atoms with Crippen LogP contribution in [0.25, 0.3) is 0 Å². The maximum absolute atomic E-state index is 13.9. The summed E-state index contributed by atoms with van der Waals surface area (Å²) in [6.45, 7) is 4.61. The minimum Gasteiger partial charge on any atom is -0.271 e. The zero-order valence-electron chi connectivity index (χ0n) is 12.3.